The molecule has 17 heteroatoms. The Labute approximate surface area is 349 Å². The molecule has 5 N–H and O–H groups in total. The summed E-state index contributed by atoms with van der Waals surface area (Å²) in [5.74, 6) is 0.818. The molecule has 59 heavy (non-hydrogen) atoms. The molecule has 332 valence electrons. The van der Waals surface area contributed by atoms with Crippen LogP contribution < -0.4 is 26.1 Å². The minimum Gasteiger partial charge on any atom is -0.497 e. The molecule has 6 rings (SSSR count). The monoisotopic (exact) mass is 852 g/mol. The first-order chi connectivity index (χ1) is 27.8. The van der Waals surface area contributed by atoms with Gasteiger partial charge in [-0.05, 0) is 87.7 Å². The molecule has 4 fully saturated rings. The van der Waals surface area contributed by atoms with Gasteiger partial charge in [0.1, 0.15) is 35.0 Å². The fraction of sp³-hybridized carbons (Fsp3) is 0.714. The number of nitrogens with two attached hydrogens (primary N) is 1. The Bertz CT molecular complexity index is 1800. The first kappa shape index (κ1) is 49.2. The molecule has 7 atom stereocenters. The third-order valence-electron chi connectivity index (χ3n) is 11.0. The fourth-order valence-corrected chi connectivity index (χ4v) is 7.92. The van der Waals surface area contributed by atoms with Crippen molar-refractivity contribution in [3.05, 3.63) is 34.2 Å². The molecule has 1 aromatic heterocycles. The first-order valence-electron chi connectivity index (χ1n) is 20.8. The summed E-state index contributed by atoms with van der Waals surface area (Å²) in [5, 5.41) is 2.28. The molecule has 1 saturated heterocycles. The number of nitrogens with one attached hydrogen (secondary N) is 3. The quantitative estimate of drug-likeness (QED) is 0.154. The van der Waals surface area contributed by atoms with Crippen LogP contribution in [-0.4, -0.2) is 87.4 Å². The van der Waals surface area contributed by atoms with Crippen LogP contribution in [0, 0.1) is 35.5 Å². The minimum atomic E-state index is -2.44. The molecule has 4 aliphatic rings. The lowest BCUT2D eigenvalue weighted by atomic mass is 10.0. The van der Waals surface area contributed by atoms with Crippen molar-refractivity contribution in [2.75, 3.05) is 27.3 Å². The number of carbonyl (C=O) groups is 4. The molecule has 14 nitrogen and oxygen atoms in total. The lowest BCUT2D eigenvalue weighted by molar-refractivity contribution is -0.137. The number of amides is 4. The second-order valence-electron chi connectivity index (χ2n) is 17.0. The van der Waals surface area contributed by atoms with Crippen molar-refractivity contribution in [1.82, 2.24) is 24.9 Å². The minimum absolute atomic E-state index is 0.0505. The molecule has 3 aliphatic carbocycles. The highest BCUT2D eigenvalue weighted by molar-refractivity contribution is 7.85. The number of aryl methyl sites for hydroxylation is 1. The van der Waals surface area contributed by atoms with Crippen molar-refractivity contribution in [1.29, 1.82) is 0 Å². The summed E-state index contributed by atoms with van der Waals surface area (Å²) in [5.41, 5.74) is 7.39. The Kier molecular flexibility index (Phi) is 19.2. The summed E-state index contributed by atoms with van der Waals surface area (Å²) in [6.07, 6.45) is 7.89. The van der Waals surface area contributed by atoms with E-state index in [0.717, 1.165) is 66.6 Å². The number of alkyl carbamates (subject to hydrolysis) is 1. The summed E-state index contributed by atoms with van der Waals surface area (Å²) >= 11 is 0. The predicted octanol–water partition coefficient (Wildman–Crippen LogP) is 6.03. The number of halogens is 2. The number of methoxy groups -OCH3 is 2. The van der Waals surface area contributed by atoms with Crippen molar-refractivity contribution < 1.29 is 41.6 Å². The number of rotatable bonds is 15. The van der Waals surface area contributed by atoms with E-state index < -0.39 is 53.2 Å². The maximum Gasteiger partial charge on any atom is 0.407 e. The van der Waals surface area contributed by atoms with Crippen molar-refractivity contribution in [3.63, 3.8) is 0 Å². The molecule has 1 aromatic carbocycles. The number of aromatic nitrogens is 2. The molecule has 4 amide bonds. The Hall–Kier alpha value is -4.15. The van der Waals surface area contributed by atoms with Gasteiger partial charge in [0.2, 0.25) is 24.1 Å². The normalized spacial score (nSPS) is 23.6. The van der Waals surface area contributed by atoms with E-state index in [1.807, 2.05) is 32.0 Å². The third kappa shape index (κ3) is 15.8. The van der Waals surface area contributed by atoms with Gasteiger partial charge in [0.25, 0.3) is 5.56 Å². The second kappa shape index (κ2) is 23.0. The van der Waals surface area contributed by atoms with Crippen LogP contribution in [0.5, 0.6) is 5.75 Å². The average Bonchev–Trinajstić information content (AvgIpc) is 4.12. The number of aromatic amines is 1. The SMILES string of the molecule is CC(C)C.CC1(S(=O)NC(=O)C2CC2C(F)F)CC1.CCC1CC1CCCCCc1nc2ccc(OC)cc2[nH]c1=O.COC(=O)NCC(=O)N1CCC(C)C1C(N)=O. The zero-order valence-electron chi connectivity index (χ0n) is 35.9. The van der Waals surface area contributed by atoms with Crippen molar-refractivity contribution in [2.45, 2.75) is 129 Å². The maximum atomic E-state index is 12.2. The first-order valence-corrected chi connectivity index (χ1v) is 22.0. The molecule has 0 bridgehead atoms. The van der Waals surface area contributed by atoms with Gasteiger partial charge in [0, 0.05) is 24.4 Å². The van der Waals surface area contributed by atoms with Crippen LogP contribution in [-0.2, 0) is 36.5 Å². The molecule has 0 radical (unpaired) electrons. The smallest absolute Gasteiger partial charge is 0.407 e. The molecule has 2 aromatic rings. The number of carbonyl (C=O) groups excluding carboxylic acids is 4. The number of nitrogens with zero attached hydrogens (tertiary/aromatic N) is 2. The number of unbranched alkanes of at least 4 members (excludes halogenated alkanes) is 2. The molecular formula is C42H66F2N6O8S. The predicted molar refractivity (Wildman–Crippen MR) is 224 cm³/mol. The van der Waals surface area contributed by atoms with Crippen molar-refractivity contribution >= 4 is 45.8 Å². The lowest BCUT2D eigenvalue weighted by Crippen LogP contribution is -2.49. The highest BCUT2D eigenvalue weighted by atomic mass is 32.2. The zero-order valence-corrected chi connectivity index (χ0v) is 36.8. The number of hydrogen-bond acceptors (Lipinski definition) is 9. The van der Waals surface area contributed by atoms with E-state index in [2.05, 4.69) is 52.4 Å². The maximum absolute atomic E-state index is 12.2. The van der Waals surface area contributed by atoms with E-state index in [1.165, 1.54) is 44.1 Å². The van der Waals surface area contributed by atoms with Crippen molar-refractivity contribution in [3.8, 4) is 5.75 Å². The average molecular weight is 853 g/mol. The molecule has 3 saturated carbocycles. The number of alkyl halides is 2. The Morgan fingerprint density at radius 3 is 2.31 bits per heavy atom. The van der Waals surface area contributed by atoms with Gasteiger partial charge in [-0.2, -0.15) is 0 Å². The van der Waals surface area contributed by atoms with Crippen LogP contribution in [0.25, 0.3) is 11.0 Å². The molecular weight excluding hydrogens is 787 g/mol. The van der Waals surface area contributed by atoms with E-state index >= 15 is 0 Å². The van der Waals surface area contributed by atoms with E-state index in [9.17, 15) is 37.0 Å². The van der Waals surface area contributed by atoms with Crippen molar-refractivity contribution in [2.24, 2.45) is 41.2 Å². The highest BCUT2D eigenvalue weighted by Crippen LogP contribution is 2.45. The van der Waals surface area contributed by atoms with Crippen LogP contribution in [0.2, 0.25) is 0 Å². The van der Waals surface area contributed by atoms with Gasteiger partial charge >= 0.3 is 6.09 Å². The zero-order chi connectivity index (χ0) is 44.0. The Morgan fingerprint density at radius 1 is 1.08 bits per heavy atom. The Balaban J connectivity index is 0.000000231. The molecule has 7 unspecified atom stereocenters. The van der Waals surface area contributed by atoms with Crippen LogP contribution in [0.15, 0.2) is 23.0 Å². The summed E-state index contributed by atoms with van der Waals surface area (Å²) in [6, 6.07) is 5.00. The topological polar surface area (TPSA) is 203 Å². The van der Waals surface area contributed by atoms with Gasteiger partial charge in [0.15, 0.2) is 0 Å². The van der Waals surface area contributed by atoms with Gasteiger partial charge in [-0.15, -0.1) is 0 Å². The fourth-order valence-electron chi connectivity index (χ4n) is 6.87. The summed E-state index contributed by atoms with van der Waals surface area (Å²) in [7, 11) is 1.42. The second-order valence-corrected chi connectivity index (χ2v) is 18.7. The number of hydrogen-bond donors (Lipinski definition) is 4. The molecule has 0 spiro atoms. The summed E-state index contributed by atoms with van der Waals surface area (Å²) in [6.45, 7) is 12.8. The molecule has 2 heterocycles. The van der Waals surface area contributed by atoms with Crippen LogP contribution in [0.3, 0.4) is 0 Å². The summed E-state index contributed by atoms with van der Waals surface area (Å²) in [4.78, 5) is 66.2. The number of H-pyrrole nitrogens is 1. The van der Waals surface area contributed by atoms with Gasteiger partial charge in [-0.3, -0.25) is 23.9 Å². The third-order valence-corrected chi connectivity index (χ3v) is 12.7. The van der Waals surface area contributed by atoms with E-state index in [0.29, 0.717) is 12.2 Å². The van der Waals surface area contributed by atoms with Gasteiger partial charge < -0.3 is 30.4 Å². The van der Waals surface area contributed by atoms with Gasteiger partial charge in [0.05, 0.1) is 30.0 Å². The van der Waals surface area contributed by atoms with Crippen LogP contribution in [0.1, 0.15) is 111 Å². The highest BCUT2D eigenvalue weighted by Gasteiger charge is 2.51. The lowest BCUT2D eigenvalue weighted by Gasteiger charge is -2.24. The number of ether oxygens (including phenoxy) is 2. The van der Waals surface area contributed by atoms with E-state index in [4.69, 9.17) is 10.5 Å². The number of benzene rings is 1. The van der Waals surface area contributed by atoms with E-state index in [-0.39, 0.29) is 35.1 Å². The Morgan fingerprint density at radius 2 is 1.76 bits per heavy atom. The summed E-state index contributed by atoms with van der Waals surface area (Å²) < 4.78 is 47.4. The van der Waals surface area contributed by atoms with Crippen LogP contribution >= 0.6 is 0 Å². The molecule has 1 aliphatic heterocycles. The largest absolute Gasteiger partial charge is 0.497 e. The standard InChI is InChI=1S/C19H26N2O2.C10H17N3O4.C9H13F2NO2S.C4H10/c1-3-13-11-14(13)7-5-4-6-8-17-19(22)21-18-12-15(23-2)9-10-16(18)20-17;1-6-3-4-13(8(6)9(11)15)7(14)5-12-10(16)17-2;1-9(2-3-9)15(14)12-8(13)6-4-5(6)7(10)11;1-4(2)3/h9-10,12-14H,3-8,11H2,1-2H3,(H,21,22);6,8H,3-5H2,1-2H3,(H2,11,15)(H,12,16);5-7H,2-4H2,1H3,(H,12,13);4H,1-3H3. The van der Waals surface area contributed by atoms with Crippen LogP contribution in [0.4, 0.5) is 13.6 Å². The number of fused-ring (bicyclic) bond motifs is 1. The van der Waals surface area contributed by atoms with Gasteiger partial charge in [-0.25, -0.2) is 22.8 Å². The van der Waals surface area contributed by atoms with Gasteiger partial charge in [-0.1, -0.05) is 60.3 Å². The van der Waals surface area contributed by atoms with E-state index in [1.54, 1.807) is 7.11 Å². The number of primary amides is 1. The number of likely N-dealkylation sites (tertiary alicyclic amines) is 1.